The number of hydrogen-bond acceptors (Lipinski definition) is 21. The topological polar surface area (TPSA) is 367 Å². The minimum atomic E-state index is 0. The first kappa shape index (κ1) is 60.4. The van der Waals surface area contributed by atoms with Crippen molar-refractivity contribution in [2.24, 2.45) is 37.4 Å². The molecule has 0 rings (SSSR count). The summed E-state index contributed by atoms with van der Waals surface area (Å²) < 4.78 is 0. The van der Waals surface area contributed by atoms with Gasteiger partial charge in [-0.15, -0.1) is 37.4 Å². The van der Waals surface area contributed by atoms with Gasteiger partial charge in [0.05, 0.1) is 0 Å². The van der Waals surface area contributed by atoms with E-state index in [1.165, 1.54) is 0 Å². The molecule has 0 fully saturated rings. The Balaban J connectivity index is -0.0000000140. The van der Waals surface area contributed by atoms with Crippen LogP contribution in [0.2, 0.25) is 0 Å². The number of nitrogens with zero attached hydrogens (tertiary/aromatic N) is 7. The van der Waals surface area contributed by atoms with Crippen LogP contribution in [0.3, 0.4) is 0 Å². The third-order valence-corrected chi connectivity index (χ3v) is 0. The molecule has 0 aromatic rings. The molecule has 0 radical (unpaired) electrons. The summed E-state index contributed by atoms with van der Waals surface area (Å²) in [4.78, 5) is 56.0. The molecule has 0 N–H and O–H groups in total. The van der Waals surface area contributed by atoms with Gasteiger partial charge < -0.3 is 70.8 Å². The molecule has 0 amide bonds. The molecule has 0 aromatic carbocycles. The average Bonchev–Trinajstić information content (AvgIpc) is 2.35. The van der Waals surface area contributed by atoms with Gasteiger partial charge in [-0.05, 0) is 0 Å². The van der Waals surface area contributed by atoms with Gasteiger partial charge in [-0.2, -0.15) is 0 Å². The van der Waals surface area contributed by atoms with E-state index in [4.69, 9.17) is 70.8 Å². The summed E-state index contributed by atoms with van der Waals surface area (Å²) in [6.07, 6.45) is 0. The summed E-state index contributed by atoms with van der Waals surface area (Å²) in [5.74, 6) is 0. The summed E-state index contributed by atoms with van der Waals surface area (Å²) in [6, 6.07) is 0. The third kappa shape index (κ3) is 436. The molecule has 0 bridgehead atoms. The fourth-order valence-corrected chi connectivity index (χ4v) is 0. The third-order valence-electron chi connectivity index (χ3n) is 0. The summed E-state index contributed by atoms with van der Waals surface area (Å²) in [5.41, 5.74) is 0. The fraction of sp³-hybridized carbons (Fsp3) is 0. The quantitative estimate of drug-likeness (QED) is 0.325. The van der Waals surface area contributed by atoms with Gasteiger partial charge in [0.15, 0.2) is 0 Å². The van der Waals surface area contributed by atoms with Gasteiger partial charge in [0.1, 0.15) is 0 Å². The molecule has 0 saturated heterocycles. The first-order chi connectivity index (χ1) is 9.90. The fourth-order valence-electron chi connectivity index (χ4n) is 0. The molecule has 0 aliphatic carbocycles. The molecule has 0 aliphatic heterocycles. The Kier molecular flexibility index (Phi) is 1180. The Morgan fingerprint density at radius 3 is 0.348 bits per heavy atom. The van der Waals surface area contributed by atoms with E-state index in [1.807, 2.05) is 0 Å². The Morgan fingerprint density at radius 2 is 0.348 bits per heavy atom. The Bertz CT molecular complexity index is 143. The minimum Gasteiger partial charge on any atom is -0.444 e. The standard InChI is InChI=1S/B.7HNO2.Ti/c;7*2-1-3;/h;7*(H,2,3);/q+3;;;;;;;;+4/p-7. The smallest absolute Gasteiger partial charge is 0.444 e. The second kappa shape index (κ2) is 448. The first-order valence-electron chi connectivity index (χ1n) is 2.56. The maximum absolute atomic E-state index is 8.00. The van der Waals surface area contributed by atoms with Crippen molar-refractivity contribution in [1.29, 1.82) is 0 Å². The Morgan fingerprint density at radius 1 is 0.348 bits per heavy atom. The van der Waals surface area contributed by atoms with Gasteiger partial charge in [0, 0.05) is 0 Å². The van der Waals surface area contributed by atoms with Crippen LogP contribution in [-0.4, -0.2) is 8.41 Å². The van der Waals surface area contributed by atoms with E-state index in [0.717, 1.165) is 37.4 Å². The molecule has 0 aliphatic rings. The van der Waals surface area contributed by atoms with E-state index >= 15 is 0 Å². The van der Waals surface area contributed by atoms with E-state index < -0.39 is 0 Å². The molecule has 0 unspecified atom stereocenters. The predicted molar refractivity (Wildman–Crippen MR) is 69.9 cm³/mol. The second-order valence-electron chi connectivity index (χ2n) is 0.522. The van der Waals surface area contributed by atoms with Crippen molar-refractivity contribution in [3.8, 4) is 0 Å². The van der Waals surface area contributed by atoms with Gasteiger partial charge in [0.2, 0.25) is 0 Å². The van der Waals surface area contributed by atoms with Crippen LogP contribution in [0.25, 0.3) is 0 Å². The van der Waals surface area contributed by atoms with Gasteiger partial charge in [0.25, 0.3) is 0 Å². The maximum atomic E-state index is 8.00. The molecule has 23 heteroatoms. The Labute approximate surface area is 139 Å². The first-order valence-corrected chi connectivity index (χ1v) is 2.56. The van der Waals surface area contributed by atoms with E-state index in [1.54, 1.807) is 0 Å². The van der Waals surface area contributed by atoms with Crippen molar-refractivity contribution >= 4 is 8.41 Å². The van der Waals surface area contributed by atoms with Crippen LogP contribution in [0, 0.1) is 70.8 Å². The number of hydrogen-bond donors (Lipinski definition) is 0. The summed E-state index contributed by atoms with van der Waals surface area (Å²) in [6.45, 7) is 0. The molecular weight excluding hydrogens is 381 g/mol. The summed E-state index contributed by atoms with van der Waals surface area (Å²) >= 11 is 0. The van der Waals surface area contributed by atoms with Crippen molar-refractivity contribution < 1.29 is 21.7 Å². The second-order valence-corrected chi connectivity index (χ2v) is 0.522. The molecular formula is BN7O14Ti. The maximum Gasteiger partial charge on any atom is 4.00 e. The largest absolute Gasteiger partial charge is 4.00 e. The van der Waals surface area contributed by atoms with Crippen LogP contribution in [0.1, 0.15) is 0 Å². The van der Waals surface area contributed by atoms with Crippen molar-refractivity contribution in [2.75, 3.05) is 0 Å². The SMILES string of the molecule is O=N[O-].O=N[O-].O=N[O-].O=N[O-].O=N[O-].O=N[O-].O=N[O-].[B+3].[Ti+4]. The number of rotatable bonds is 0. The molecule has 0 spiro atoms. The molecule has 0 atom stereocenters. The Hall–Kier alpha value is -3.42. The van der Waals surface area contributed by atoms with Crippen LogP contribution in [-0.2, 0) is 21.7 Å². The van der Waals surface area contributed by atoms with Gasteiger partial charge >= 0.3 is 30.1 Å². The summed E-state index contributed by atoms with van der Waals surface area (Å²) in [5, 5.41) is 63.0. The molecule has 126 valence electrons. The average molecular weight is 381 g/mol. The minimum absolute atomic E-state index is 0. The van der Waals surface area contributed by atoms with Gasteiger partial charge in [-0.3, -0.25) is 0 Å². The molecule has 23 heavy (non-hydrogen) atoms. The molecule has 0 saturated carbocycles. The van der Waals surface area contributed by atoms with Crippen LogP contribution in [0.15, 0.2) is 37.4 Å². The van der Waals surface area contributed by atoms with Crippen LogP contribution in [0.4, 0.5) is 0 Å². The van der Waals surface area contributed by atoms with Gasteiger partial charge in [-0.25, -0.2) is 0 Å². The van der Waals surface area contributed by atoms with Crippen LogP contribution < -0.4 is 0 Å². The van der Waals surface area contributed by atoms with Crippen molar-refractivity contribution in [1.82, 2.24) is 0 Å². The van der Waals surface area contributed by atoms with Crippen molar-refractivity contribution in [3.05, 3.63) is 70.8 Å². The monoisotopic (exact) mass is 381 g/mol. The van der Waals surface area contributed by atoms with E-state index in [9.17, 15) is 0 Å². The zero-order valence-corrected chi connectivity index (χ0v) is 11.5. The molecule has 0 heterocycles. The van der Waals surface area contributed by atoms with Crippen molar-refractivity contribution in [3.63, 3.8) is 0 Å². The van der Waals surface area contributed by atoms with E-state index in [-0.39, 0.29) is 30.1 Å². The normalized spacial score (nSPS) is 3.65. The predicted octanol–water partition coefficient (Wildman–Crippen LogP) is 1.37. The zero-order valence-electron chi connectivity index (χ0n) is 9.92. The van der Waals surface area contributed by atoms with E-state index in [2.05, 4.69) is 0 Å². The summed E-state index contributed by atoms with van der Waals surface area (Å²) in [7, 11) is 0. The molecule has 21 nitrogen and oxygen atoms in total. The van der Waals surface area contributed by atoms with Crippen molar-refractivity contribution in [2.45, 2.75) is 0 Å². The molecule has 0 aromatic heterocycles. The van der Waals surface area contributed by atoms with E-state index in [0.29, 0.717) is 0 Å². The van der Waals surface area contributed by atoms with Gasteiger partial charge in [-0.1, -0.05) is 0 Å². The zero-order chi connectivity index (χ0) is 18.9. The van der Waals surface area contributed by atoms with Crippen LogP contribution in [0.5, 0.6) is 0 Å². The van der Waals surface area contributed by atoms with Crippen LogP contribution >= 0.6 is 0 Å².